The van der Waals surface area contributed by atoms with E-state index in [4.69, 9.17) is 4.74 Å². The lowest BCUT2D eigenvalue weighted by Gasteiger charge is -2.27. The van der Waals surface area contributed by atoms with Crippen molar-refractivity contribution in [1.29, 1.82) is 0 Å². The molecule has 0 aliphatic heterocycles. The molecule has 1 N–H and O–H groups in total. The highest BCUT2D eigenvalue weighted by atomic mass is 16.5. The number of ether oxygens (including phenoxy) is 1. The molecule has 0 bridgehead atoms. The molecule has 1 aromatic carbocycles. The van der Waals surface area contributed by atoms with Gasteiger partial charge in [0, 0.05) is 24.3 Å². The second kappa shape index (κ2) is 8.18. The maximum atomic E-state index is 12.6. The molecule has 0 heterocycles. The van der Waals surface area contributed by atoms with Crippen LogP contribution in [-0.4, -0.2) is 37.6 Å². The molecule has 1 aliphatic carbocycles. The first-order valence-corrected chi connectivity index (χ1v) is 8.82. The Kier molecular flexibility index (Phi) is 6.23. The van der Waals surface area contributed by atoms with Gasteiger partial charge in [-0.3, -0.25) is 4.79 Å². The molecule has 0 atom stereocenters. The molecule has 0 aromatic heterocycles. The Morgan fingerprint density at radius 1 is 1.17 bits per heavy atom. The van der Waals surface area contributed by atoms with Crippen molar-refractivity contribution in [3.8, 4) is 0 Å². The second-order valence-corrected chi connectivity index (χ2v) is 6.36. The summed E-state index contributed by atoms with van der Waals surface area (Å²) in [6, 6.07) is 7.58. The second-order valence-electron chi connectivity index (χ2n) is 6.36. The van der Waals surface area contributed by atoms with E-state index in [-0.39, 0.29) is 11.9 Å². The Balaban J connectivity index is 2.11. The minimum atomic E-state index is -0.859. The first-order valence-electron chi connectivity index (χ1n) is 8.82. The van der Waals surface area contributed by atoms with Gasteiger partial charge in [0.1, 0.15) is 5.54 Å². The molecule has 5 heteroatoms. The largest absolute Gasteiger partial charge is 0.467 e. The molecule has 1 fully saturated rings. The third-order valence-electron chi connectivity index (χ3n) is 4.76. The van der Waals surface area contributed by atoms with Gasteiger partial charge in [-0.25, -0.2) is 4.79 Å². The molecule has 0 saturated heterocycles. The van der Waals surface area contributed by atoms with Crippen molar-refractivity contribution in [1.82, 2.24) is 5.32 Å². The lowest BCUT2D eigenvalue weighted by Crippen LogP contribution is -2.53. The van der Waals surface area contributed by atoms with Crippen molar-refractivity contribution in [3.63, 3.8) is 0 Å². The summed E-state index contributed by atoms with van der Waals surface area (Å²) in [6.45, 7) is 6.20. The van der Waals surface area contributed by atoms with Crippen molar-refractivity contribution in [3.05, 3.63) is 29.8 Å². The molecular weight excluding hydrogens is 304 g/mol. The number of nitrogens with one attached hydrogen (secondary N) is 1. The van der Waals surface area contributed by atoms with Crippen molar-refractivity contribution in [2.24, 2.45) is 0 Å². The summed E-state index contributed by atoms with van der Waals surface area (Å²) in [5.74, 6) is -0.558. The fraction of sp³-hybridized carbons (Fsp3) is 0.579. The number of rotatable bonds is 7. The maximum absolute atomic E-state index is 12.6. The van der Waals surface area contributed by atoms with Gasteiger partial charge in [0.25, 0.3) is 5.91 Å². The Labute approximate surface area is 144 Å². The van der Waals surface area contributed by atoms with Gasteiger partial charge in [-0.1, -0.05) is 19.8 Å². The van der Waals surface area contributed by atoms with Crippen molar-refractivity contribution >= 4 is 17.6 Å². The van der Waals surface area contributed by atoms with E-state index in [1.54, 1.807) is 0 Å². The summed E-state index contributed by atoms with van der Waals surface area (Å²) < 4.78 is 4.91. The van der Waals surface area contributed by atoms with Crippen LogP contribution in [0.1, 0.15) is 56.3 Å². The van der Waals surface area contributed by atoms with E-state index in [1.807, 2.05) is 24.3 Å². The molecule has 0 unspecified atom stereocenters. The molecule has 5 nitrogen and oxygen atoms in total. The van der Waals surface area contributed by atoms with E-state index >= 15 is 0 Å². The normalized spacial score (nSPS) is 15.8. The minimum absolute atomic E-state index is 0.215. The van der Waals surface area contributed by atoms with E-state index < -0.39 is 5.54 Å². The van der Waals surface area contributed by atoms with Gasteiger partial charge in [-0.2, -0.15) is 0 Å². The summed E-state index contributed by atoms with van der Waals surface area (Å²) in [5.41, 5.74) is 0.822. The van der Waals surface area contributed by atoms with Crippen LogP contribution in [0.4, 0.5) is 5.69 Å². The zero-order chi connectivity index (χ0) is 17.6. The highest BCUT2D eigenvalue weighted by molar-refractivity contribution is 5.98. The van der Waals surface area contributed by atoms with Crippen molar-refractivity contribution in [2.75, 3.05) is 25.1 Å². The van der Waals surface area contributed by atoms with Crippen LogP contribution < -0.4 is 10.2 Å². The third-order valence-corrected chi connectivity index (χ3v) is 4.76. The topological polar surface area (TPSA) is 58.6 Å². The number of methoxy groups -OCH3 is 1. The smallest absolute Gasteiger partial charge is 0.331 e. The summed E-state index contributed by atoms with van der Waals surface area (Å²) in [6.07, 6.45) is 4.22. The van der Waals surface area contributed by atoms with E-state index in [0.717, 1.165) is 38.0 Å². The van der Waals surface area contributed by atoms with Crippen LogP contribution in [-0.2, 0) is 9.53 Å². The maximum Gasteiger partial charge on any atom is 0.331 e. The van der Waals surface area contributed by atoms with Crippen LogP contribution in [0.5, 0.6) is 0 Å². The van der Waals surface area contributed by atoms with Crippen molar-refractivity contribution in [2.45, 2.75) is 51.5 Å². The third kappa shape index (κ3) is 3.89. The van der Waals surface area contributed by atoms with Crippen LogP contribution in [0.15, 0.2) is 24.3 Å². The summed E-state index contributed by atoms with van der Waals surface area (Å²) >= 11 is 0. The molecule has 0 spiro atoms. The lowest BCUT2D eigenvalue weighted by molar-refractivity contribution is -0.148. The number of carbonyl (C=O) groups excluding carboxylic acids is 2. The van der Waals surface area contributed by atoms with Gasteiger partial charge in [0.2, 0.25) is 0 Å². The predicted molar refractivity (Wildman–Crippen MR) is 95.3 cm³/mol. The number of nitrogens with zero attached hydrogens (tertiary/aromatic N) is 1. The van der Waals surface area contributed by atoms with Gasteiger partial charge in [-0.15, -0.1) is 0 Å². The van der Waals surface area contributed by atoms with Crippen LogP contribution >= 0.6 is 0 Å². The fourth-order valence-electron chi connectivity index (χ4n) is 3.41. The molecular formula is C19H28N2O3. The van der Waals surface area contributed by atoms with Crippen LogP contribution in [0.3, 0.4) is 0 Å². The summed E-state index contributed by atoms with van der Waals surface area (Å²) in [5, 5.41) is 2.92. The Bertz CT molecular complexity index is 562. The number of benzene rings is 1. The number of anilines is 1. The molecule has 2 rings (SSSR count). The quantitative estimate of drug-likeness (QED) is 0.779. The summed E-state index contributed by atoms with van der Waals surface area (Å²) in [4.78, 5) is 27.0. The van der Waals surface area contributed by atoms with Gasteiger partial charge >= 0.3 is 5.97 Å². The van der Waals surface area contributed by atoms with Gasteiger partial charge in [0.15, 0.2) is 0 Å². The van der Waals surface area contributed by atoms with Gasteiger partial charge < -0.3 is 15.0 Å². The SMILES string of the molecule is CCCN(CC)c1ccc(C(=O)NC2(C(=O)OC)CCCC2)cc1. The van der Waals surface area contributed by atoms with E-state index in [1.165, 1.54) is 7.11 Å². The van der Waals surface area contributed by atoms with Gasteiger partial charge in [-0.05, 0) is 50.5 Å². The monoisotopic (exact) mass is 332 g/mol. The molecule has 1 amide bonds. The predicted octanol–water partition coefficient (Wildman–Crippen LogP) is 3.14. The fourth-order valence-corrected chi connectivity index (χ4v) is 3.41. The zero-order valence-electron chi connectivity index (χ0n) is 14.9. The number of amides is 1. The lowest BCUT2D eigenvalue weighted by atomic mass is 9.97. The molecule has 1 saturated carbocycles. The summed E-state index contributed by atoms with van der Waals surface area (Å²) in [7, 11) is 1.37. The molecule has 24 heavy (non-hydrogen) atoms. The zero-order valence-corrected chi connectivity index (χ0v) is 14.9. The average Bonchev–Trinajstić information content (AvgIpc) is 3.08. The number of carbonyl (C=O) groups is 2. The Hall–Kier alpha value is -2.04. The van der Waals surface area contributed by atoms with Crippen LogP contribution in [0.2, 0.25) is 0 Å². The highest BCUT2D eigenvalue weighted by Crippen LogP contribution is 2.31. The molecule has 1 aliphatic rings. The van der Waals surface area contributed by atoms with Crippen LogP contribution in [0.25, 0.3) is 0 Å². The number of hydrogen-bond donors (Lipinski definition) is 1. The van der Waals surface area contributed by atoms with E-state index in [0.29, 0.717) is 18.4 Å². The Morgan fingerprint density at radius 2 is 1.79 bits per heavy atom. The molecule has 1 aromatic rings. The van der Waals surface area contributed by atoms with E-state index in [9.17, 15) is 9.59 Å². The number of esters is 1. The molecule has 0 radical (unpaired) electrons. The van der Waals surface area contributed by atoms with E-state index in [2.05, 4.69) is 24.1 Å². The van der Waals surface area contributed by atoms with Gasteiger partial charge in [0.05, 0.1) is 7.11 Å². The number of hydrogen-bond acceptors (Lipinski definition) is 4. The molecule has 132 valence electrons. The van der Waals surface area contributed by atoms with Crippen molar-refractivity contribution < 1.29 is 14.3 Å². The minimum Gasteiger partial charge on any atom is -0.467 e. The standard InChI is InChI=1S/C19H28N2O3/c1-4-14-21(5-2)16-10-8-15(9-11-16)17(22)20-19(18(23)24-3)12-6-7-13-19/h8-11H,4-7,12-14H2,1-3H3,(H,20,22). The first kappa shape index (κ1) is 18.3. The average molecular weight is 332 g/mol. The highest BCUT2D eigenvalue weighted by Gasteiger charge is 2.43. The Morgan fingerprint density at radius 3 is 2.29 bits per heavy atom. The first-order chi connectivity index (χ1) is 11.6. The van der Waals surface area contributed by atoms with Crippen LogP contribution in [0, 0.1) is 0 Å².